The fourth-order valence-electron chi connectivity index (χ4n) is 1.61. The lowest BCUT2D eigenvalue weighted by molar-refractivity contribution is -0.133. The van der Waals surface area contributed by atoms with E-state index in [1.165, 1.54) is 0 Å². The van der Waals surface area contributed by atoms with Gasteiger partial charge in [0.25, 0.3) is 0 Å². The van der Waals surface area contributed by atoms with Crippen molar-refractivity contribution < 1.29 is 14.7 Å². The first kappa shape index (κ1) is 15.5. The summed E-state index contributed by atoms with van der Waals surface area (Å²) < 4.78 is 0.517. The van der Waals surface area contributed by atoms with Crippen LogP contribution in [-0.2, 0) is 16.0 Å². The van der Waals surface area contributed by atoms with Crippen molar-refractivity contribution in [1.29, 1.82) is 0 Å². The van der Waals surface area contributed by atoms with Gasteiger partial charge >= 0.3 is 5.97 Å². The number of benzene rings is 1. The molecule has 1 heterocycles. The minimum absolute atomic E-state index is 0.0775. The molecule has 0 fully saturated rings. The molecule has 0 aliphatic carbocycles. The molecule has 0 bridgehead atoms. The van der Waals surface area contributed by atoms with Gasteiger partial charge in [-0.2, -0.15) is 0 Å². The van der Waals surface area contributed by atoms with Crippen LogP contribution in [-0.4, -0.2) is 32.9 Å². The monoisotopic (exact) mass is 323 g/mol. The second-order valence-corrected chi connectivity index (χ2v) is 6.47. The molecular formula is C13H13N3O3S2. The van der Waals surface area contributed by atoms with Crippen molar-refractivity contribution in [3.05, 3.63) is 35.4 Å². The molecule has 6 nitrogen and oxygen atoms in total. The van der Waals surface area contributed by atoms with Gasteiger partial charge in [0.2, 0.25) is 11.0 Å². The van der Waals surface area contributed by atoms with E-state index in [1.54, 1.807) is 0 Å². The van der Waals surface area contributed by atoms with Crippen molar-refractivity contribution in [2.24, 2.45) is 0 Å². The van der Waals surface area contributed by atoms with Gasteiger partial charge in [-0.25, -0.2) is 0 Å². The van der Waals surface area contributed by atoms with Gasteiger partial charge in [0, 0.05) is 0 Å². The van der Waals surface area contributed by atoms with Crippen molar-refractivity contribution >= 4 is 40.1 Å². The van der Waals surface area contributed by atoms with E-state index in [0.29, 0.717) is 9.47 Å². The molecule has 0 atom stereocenters. The standard InChI is InChI=1S/C13H13N3O3S2/c1-8-3-2-4-9(5-8)6-10(17)14-12-15-16-13(21-12)20-7-11(18)19/h2-5H,6-7H2,1H3,(H,18,19)(H,14,15,17). The maximum absolute atomic E-state index is 11.9. The summed E-state index contributed by atoms with van der Waals surface area (Å²) in [5.41, 5.74) is 2.03. The number of carbonyl (C=O) groups excluding carboxylic acids is 1. The molecule has 0 saturated carbocycles. The summed E-state index contributed by atoms with van der Waals surface area (Å²) in [6.07, 6.45) is 0.263. The highest BCUT2D eigenvalue weighted by molar-refractivity contribution is 8.01. The number of carbonyl (C=O) groups is 2. The van der Waals surface area contributed by atoms with Crippen molar-refractivity contribution in [1.82, 2.24) is 10.2 Å². The van der Waals surface area contributed by atoms with E-state index in [2.05, 4.69) is 15.5 Å². The lowest BCUT2D eigenvalue weighted by Gasteiger charge is -2.02. The maximum Gasteiger partial charge on any atom is 0.313 e. The number of carboxylic acid groups (broad SMARTS) is 1. The number of hydrogen-bond donors (Lipinski definition) is 2. The maximum atomic E-state index is 11.9. The molecule has 1 aromatic heterocycles. The average molecular weight is 323 g/mol. The first-order valence-corrected chi connectivity index (χ1v) is 7.86. The van der Waals surface area contributed by atoms with Crippen LogP contribution in [0.15, 0.2) is 28.6 Å². The van der Waals surface area contributed by atoms with Crippen LogP contribution in [0.25, 0.3) is 0 Å². The van der Waals surface area contributed by atoms with Gasteiger partial charge in [-0.15, -0.1) is 10.2 Å². The molecular weight excluding hydrogens is 310 g/mol. The number of anilines is 1. The highest BCUT2D eigenvalue weighted by Crippen LogP contribution is 2.25. The molecule has 1 aromatic carbocycles. The Morgan fingerprint density at radius 1 is 1.38 bits per heavy atom. The molecule has 0 unspecified atom stereocenters. The van der Waals surface area contributed by atoms with Crippen LogP contribution in [0.2, 0.25) is 0 Å². The number of carboxylic acids is 1. The first-order chi connectivity index (χ1) is 10.0. The Kier molecular flexibility index (Phi) is 5.29. The predicted molar refractivity (Wildman–Crippen MR) is 81.8 cm³/mol. The van der Waals surface area contributed by atoms with E-state index in [9.17, 15) is 9.59 Å². The third-order valence-corrected chi connectivity index (χ3v) is 4.38. The van der Waals surface area contributed by atoms with E-state index in [-0.39, 0.29) is 18.1 Å². The molecule has 1 amide bonds. The zero-order valence-corrected chi connectivity index (χ0v) is 12.8. The summed E-state index contributed by atoms with van der Waals surface area (Å²) in [7, 11) is 0. The Bertz CT molecular complexity index is 658. The number of nitrogens with one attached hydrogen (secondary N) is 1. The number of aryl methyl sites for hydroxylation is 1. The van der Waals surface area contributed by atoms with Gasteiger partial charge < -0.3 is 10.4 Å². The Balaban J connectivity index is 1.89. The summed E-state index contributed by atoms with van der Waals surface area (Å²) in [5.74, 6) is -1.17. The van der Waals surface area contributed by atoms with Crippen LogP contribution in [0.1, 0.15) is 11.1 Å². The molecule has 2 aromatic rings. The summed E-state index contributed by atoms with van der Waals surface area (Å²) >= 11 is 2.24. The van der Waals surface area contributed by atoms with E-state index < -0.39 is 5.97 Å². The number of aliphatic carboxylic acids is 1. The number of rotatable bonds is 6. The third kappa shape index (κ3) is 5.16. The van der Waals surface area contributed by atoms with Crippen molar-refractivity contribution in [2.75, 3.05) is 11.1 Å². The van der Waals surface area contributed by atoms with Gasteiger partial charge in [0.1, 0.15) is 0 Å². The predicted octanol–water partition coefficient (Wildman–Crippen LogP) is 2.20. The lowest BCUT2D eigenvalue weighted by atomic mass is 10.1. The minimum Gasteiger partial charge on any atom is -0.481 e. The van der Waals surface area contributed by atoms with Gasteiger partial charge in [-0.3, -0.25) is 9.59 Å². The van der Waals surface area contributed by atoms with Crippen LogP contribution in [0.3, 0.4) is 0 Å². The fourth-order valence-corrected chi connectivity index (χ4v) is 3.10. The van der Waals surface area contributed by atoms with Crippen LogP contribution < -0.4 is 5.32 Å². The van der Waals surface area contributed by atoms with Crippen molar-refractivity contribution in [2.45, 2.75) is 17.7 Å². The van der Waals surface area contributed by atoms with Gasteiger partial charge in [0.05, 0.1) is 12.2 Å². The summed E-state index contributed by atoms with van der Waals surface area (Å²) in [4.78, 5) is 22.3. The molecule has 0 radical (unpaired) electrons. The Hall–Kier alpha value is -1.93. The first-order valence-electron chi connectivity index (χ1n) is 6.06. The molecule has 0 aliphatic rings. The molecule has 0 spiro atoms. The minimum atomic E-state index is -0.916. The van der Waals surface area contributed by atoms with Gasteiger partial charge in [-0.1, -0.05) is 52.9 Å². The smallest absolute Gasteiger partial charge is 0.313 e. The fraction of sp³-hybridized carbons (Fsp3) is 0.231. The highest BCUT2D eigenvalue weighted by Gasteiger charge is 2.10. The summed E-state index contributed by atoms with van der Waals surface area (Å²) in [5, 5.41) is 19.2. The summed E-state index contributed by atoms with van der Waals surface area (Å²) in [6.45, 7) is 1.97. The van der Waals surface area contributed by atoms with Gasteiger partial charge in [-0.05, 0) is 12.5 Å². The molecule has 21 heavy (non-hydrogen) atoms. The highest BCUT2D eigenvalue weighted by atomic mass is 32.2. The largest absolute Gasteiger partial charge is 0.481 e. The number of amides is 1. The van der Waals surface area contributed by atoms with Gasteiger partial charge in [0.15, 0.2) is 4.34 Å². The second-order valence-electron chi connectivity index (χ2n) is 4.27. The zero-order chi connectivity index (χ0) is 15.2. The molecule has 110 valence electrons. The zero-order valence-electron chi connectivity index (χ0n) is 11.2. The van der Waals surface area contributed by atoms with E-state index >= 15 is 0 Å². The molecule has 2 N–H and O–H groups in total. The second kappa shape index (κ2) is 7.19. The quantitative estimate of drug-likeness (QED) is 0.625. The van der Waals surface area contributed by atoms with Crippen LogP contribution in [0.5, 0.6) is 0 Å². The molecule has 8 heteroatoms. The topological polar surface area (TPSA) is 92.2 Å². The number of nitrogens with zero attached hydrogens (tertiary/aromatic N) is 2. The Morgan fingerprint density at radius 2 is 2.19 bits per heavy atom. The van der Waals surface area contributed by atoms with Crippen molar-refractivity contribution in [3.63, 3.8) is 0 Å². The normalized spacial score (nSPS) is 10.3. The van der Waals surface area contributed by atoms with Crippen LogP contribution in [0.4, 0.5) is 5.13 Å². The van der Waals surface area contributed by atoms with E-state index in [0.717, 1.165) is 34.2 Å². The molecule has 0 aliphatic heterocycles. The third-order valence-electron chi connectivity index (χ3n) is 2.42. The van der Waals surface area contributed by atoms with E-state index in [4.69, 9.17) is 5.11 Å². The number of aromatic nitrogens is 2. The molecule has 2 rings (SSSR count). The lowest BCUT2D eigenvalue weighted by Crippen LogP contribution is -2.14. The van der Waals surface area contributed by atoms with Crippen LogP contribution in [0, 0.1) is 6.92 Å². The average Bonchev–Trinajstić information content (AvgIpc) is 2.83. The summed E-state index contributed by atoms with van der Waals surface area (Å²) in [6, 6.07) is 7.72. The Morgan fingerprint density at radius 3 is 2.90 bits per heavy atom. The van der Waals surface area contributed by atoms with Crippen LogP contribution >= 0.6 is 23.1 Å². The SMILES string of the molecule is Cc1cccc(CC(=O)Nc2nnc(SCC(=O)O)s2)c1. The number of hydrogen-bond acceptors (Lipinski definition) is 6. The Labute approximate surface area is 129 Å². The van der Waals surface area contributed by atoms with Crippen molar-refractivity contribution in [3.8, 4) is 0 Å². The number of thioether (sulfide) groups is 1. The van der Waals surface area contributed by atoms with E-state index in [1.807, 2.05) is 31.2 Å². The molecule has 0 saturated heterocycles.